The Morgan fingerprint density at radius 1 is 0.284 bits per heavy atom. The quantitative estimate of drug-likeness (QED) is 0.152. The van der Waals surface area contributed by atoms with Gasteiger partial charge in [-0.2, -0.15) is 0 Å². The van der Waals surface area contributed by atoms with Gasteiger partial charge in [0, 0.05) is 38.3 Å². The maximum Gasteiger partial charge on any atom is 0.0547 e. The highest BCUT2D eigenvalue weighted by Gasteiger charge is 2.61. The summed E-state index contributed by atoms with van der Waals surface area (Å²) < 4.78 is 4.92. The maximum absolute atomic E-state index is 2.63. The van der Waals surface area contributed by atoms with Crippen molar-refractivity contribution in [3.05, 3.63) is 242 Å². The predicted octanol–water partition coefficient (Wildman–Crippen LogP) is 18.9. The van der Waals surface area contributed by atoms with Crippen LogP contribution in [0.15, 0.2) is 231 Å². The van der Waals surface area contributed by atoms with Crippen LogP contribution in [0.1, 0.15) is 43.2 Å². The molecule has 4 fully saturated rings. The molecule has 13 aromatic rings. The summed E-state index contributed by atoms with van der Waals surface area (Å²) in [5.74, 6) is 3.40. The van der Waals surface area contributed by atoms with Crippen LogP contribution in [0.2, 0.25) is 0 Å². The molecule has 2 nitrogen and oxygen atoms in total. The van der Waals surface area contributed by atoms with Crippen LogP contribution in [0, 0.1) is 23.7 Å². The van der Waals surface area contributed by atoms with Crippen molar-refractivity contribution in [3.63, 3.8) is 0 Å². The lowest BCUT2D eigenvalue weighted by Crippen LogP contribution is -2.55. The Kier molecular flexibility index (Phi) is 8.48. The van der Waals surface area contributed by atoms with Gasteiger partial charge in [-0.15, -0.1) is 0 Å². The normalized spacial score (nSPS) is 20.5. The van der Waals surface area contributed by atoms with Gasteiger partial charge in [0.05, 0.1) is 22.1 Å². The second-order valence-corrected chi connectivity index (χ2v) is 22.5. The molecular formula is C72H52N2. The number of hydrogen-bond acceptors (Lipinski definition) is 0. The first-order valence-electron chi connectivity index (χ1n) is 27.1. The van der Waals surface area contributed by atoms with Crippen LogP contribution in [-0.4, -0.2) is 9.13 Å². The van der Waals surface area contributed by atoms with E-state index in [1.165, 1.54) is 147 Å². The lowest BCUT2D eigenvalue weighted by molar-refractivity contribution is -0.0399. The molecule has 0 radical (unpaired) electrons. The smallest absolute Gasteiger partial charge is 0.0547 e. The van der Waals surface area contributed by atoms with E-state index in [-0.39, 0.29) is 5.41 Å². The van der Waals surface area contributed by atoms with Crippen LogP contribution < -0.4 is 0 Å². The summed E-state index contributed by atoms with van der Waals surface area (Å²) in [6.45, 7) is 0. The summed E-state index contributed by atoms with van der Waals surface area (Å²) in [5, 5.41) is 10.2. The lowest BCUT2D eigenvalue weighted by Gasteiger charge is -2.61. The van der Waals surface area contributed by atoms with E-state index in [0.29, 0.717) is 0 Å². The van der Waals surface area contributed by atoms with E-state index in [4.69, 9.17) is 0 Å². The van der Waals surface area contributed by atoms with E-state index in [1.54, 1.807) is 11.1 Å². The number of nitrogens with zero attached hydrogens (tertiary/aromatic N) is 2. The predicted molar refractivity (Wildman–Crippen MR) is 310 cm³/mol. The standard InChI is InChI=1S/C72H52N2/c1-2-11-46(12-3-1)47-13-10-14-56(39-47)73-68-19-8-5-16-62(68)64-30-25-50(42-70(64)73)51-26-31-65-63-17-6-9-20-69(63)74(71(65)43-51)57-27-32-59-53(40-57)22-21-52-38-48(23-28-58(52)59)49-24-29-61-60-15-4-7-18-66(60)72(67(61)41-49)54-34-44-33-45(36-54)37-55(72)35-44/h1-32,38-45,54-55H,33-37H2. The molecule has 2 aromatic heterocycles. The first-order chi connectivity index (χ1) is 36.6. The van der Waals surface area contributed by atoms with Crippen molar-refractivity contribution in [2.45, 2.75) is 37.5 Å². The number of benzene rings is 11. The van der Waals surface area contributed by atoms with Crippen LogP contribution in [-0.2, 0) is 5.41 Å². The Bertz CT molecular complexity index is 4480. The number of aromatic nitrogens is 2. The van der Waals surface area contributed by atoms with Gasteiger partial charge in [-0.3, -0.25) is 0 Å². The van der Waals surface area contributed by atoms with E-state index < -0.39 is 0 Å². The molecule has 0 atom stereocenters. The van der Waals surface area contributed by atoms with Gasteiger partial charge in [0.25, 0.3) is 0 Å². The first kappa shape index (κ1) is 41.1. The zero-order chi connectivity index (χ0) is 48.2. The molecule has 74 heavy (non-hydrogen) atoms. The Morgan fingerprint density at radius 3 is 1.46 bits per heavy atom. The van der Waals surface area contributed by atoms with Gasteiger partial charge in [-0.25, -0.2) is 0 Å². The van der Waals surface area contributed by atoms with Gasteiger partial charge in [0.1, 0.15) is 0 Å². The first-order valence-corrected chi connectivity index (χ1v) is 27.1. The van der Waals surface area contributed by atoms with Crippen LogP contribution in [0.4, 0.5) is 0 Å². The number of hydrogen-bond donors (Lipinski definition) is 0. The molecule has 5 aliphatic carbocycles. The Morgan fingerprint density at radius 2 is 0.770 bits per heavy atom. The van der Waals surface area contributed by atoms with Gasteiger partial charge in [-0.05, 0) is 194 Å². The molecule has 4 saturated carbocycles. The fraction of sp³-hybridized carbons (Fsp3) is 0.139. The third-order valence-electron chi connectivity index (χ3n) is 18.9. The molecular weight excluding hydrogens is 893 g/mol. The minimum Gasteiger partial charge on any atom is -0.309 e. The largest absolute Gasteiger partial charge is 0.309 e. The molecule has 0 N–H and O–H groups in total. The molecule has 2 heteroatoms. The molecule has 0 aliphatic heterocycles. The van der Waals surface area contributed by atoms with E-state index in [9.17, 15) is 0 Å². The highest BCUT2D eigenvalue weighted by molar-refractivity contribution is 6.13. The summed E-state index contributed by atoms with van der Waals surface area (Å²) in [6.07, 6.45) is 7.11. The minimum absolute atomic E-state index is 0.172. The molecule has 4 bridgehead atoms. The Labute approximate surface area is 430 Å². The van der Waals surface area contributed by atoms with Crippen molar-refractivity contribution in [1.82, 2.24) is 9.13 Å². The van der Waals surface area contributed by atoms with E-state index >= 15 is 0 Å². The molecule has 0 unspecified atom stereocenters. The molecule has 350 valence electrons. The third kappa shape index (κ3) is 5.71. The Balaban J connectivity index is 0.758. The molecule has 0 amide bonds. The van der Waals surface area contributed by atoms with Crippen molar-refractivity contribution in [3.8, 4) is 55.9 Å². The molecule has 2 heterocycles. The summed E-state index contributed by atoms with van der Waals surface area (Å²) in [5.41, 5.74) is 21.0. The van der Waals surface area contributed by atoms with Crippen molar-refractivity contribution in [2.75, 3.05) is 0 Å². The highest BCUT2D eigenvalue weighted by Crippen LogP contribution is 2.69. The number of para-hydroxylation sites is 2. The summed E-state index contributed by atoms with van der Waals surface area (Å²) >= 11 is 0. The average molecular weight is 945 g/mol. The van der Waals surface area contributed by atoms with Crippen LogP contribution >= 0.6 is 0 Å². The van der Waals surface area contributed by atoms with Gasteiger partial charge >= 0.3 is 0 Å². The van der Waals surface area contributed by atoms with E-state index in [2.05, 4.69) is 240 Å². The zero-order valence-electron chi connectivity index (χ0n) is 41.2. The van der Waals surface area contributed by atoms with Gasteiger partial charge in [0.2, 0.25) is 0 Å². The lowest BCUT2D eigenvalue weighted by atomic mass is 9.43. The van der Waals surface area contributed by atoms with E-state index in [1.807, 2.05) is 0 Å². The van der Waals surface area contributed by atoms with Gasteiger partial charge < -0.3 is 9.13 Å². The molecule has 5 aliphatic rings. The summed E-state index contributed by atoms with van der Waals surface area (Å²) in [4.78, 5) is 0. The third-order valence-corrected chi connectivity index (χ3v) is 18.9. The molecule has 0 saturated heterocycles. The van der Waals surface area contributed by atoms with Crippen LogP contribution in [0.25, 0.3) is 121 Å². The zero-order valence-corrected chi connectivity index (χ0v) is 41.2. The molecule has 18 rings (SSSR count). The van der Waals surface area contributed by atoms with E-state index in [0.717, 1.165) is 29.4 Å². The van der Waals surface area contributed by atoms with Crippen molar-refractivity contribution in [2.24, 2.45) is 23.7 Å². The SMILES string of the molecule is c1ccc(-c2cccc(-n3c4ccccc4c4ccc(-c5ccc6c7ccccc7n(-c7ccc8c(ccc9cc(-c%10ccc%11c(c%10)C%10(c%12ccccc%12-%11)C%11CC%12CC(C%11)CC%10C%12)ccc98)c7)c6c5)cc43)c2)cc1. The fourth-order valence-electron chi connectivity index (χ4n) is 16.0. The minimum atomic E-state index is 0.172. The van der Waals surface area contributed by atoms with Crippen molar-refractivity contribution in [1.29, 1.82) is 0 Å². The Hall–Kier alpha value is -8.46. The fourth-order valence-corrected chi connectivity index (χ4v) is 16.0. The molecule has 1 spiro atoms. The second kappa shape index (κ2) is 15.3. The average Bonchev–Trinajstić information content (AvgIpc) is 4.08. The highest BCUT2D eigenvalue weighted by atomic mass is 15.0. The second-order valence-electron chi connectivity index (χ2n) is 22.5. The summed E-state index contributed by atoms with van der Waals surface area (Å²) in [7, 11) is 0. The van der Waals surface area contributed by atoms with Gasteiger partial charge in [0.15, 0.2) is 0 Å². The topological polar surface area (TPSA) is 9.86 Å². The molecule has 11 aromatic carbocycles. The van der Waals surface area contributed by atoms with Crippen LogP contribution in [0.5, 0.6) is 0 Å². The summed E-state index contributed by atoms with van der Waals surface area (Å²) in [6, 6.07) is 87.5. The number of rotatable bonds is 5. The van der Waals surface area contributed by atoms with Crippen molar-refractivity contribution >= 4 is 65.2 Å². The van der Waals surface area contributed by atoms with Crippen molar-refractivity contribution < 1.29 is 0 Å². The maximum atomic E-state index is 2.63. The van der Waals surface area contributed by atoms with Gasteiger partial charge in [-0.1, -0.05) is 170 Å². The number of fused-ring (bicyclic) bond motifs is 12. The monoisotopic (exact) mass is 944 g/mol. The van der Waals surface area contributed by atoms with Crippen LogP contribution in [0.3, 0.4) is 0 Å².